The van der Waals surface area contributed by atoms with Crippen LogP contribution in [0.4, 0.5) is 5.69 Å². The maximum absolute atomic E-state index is 12.2. The molecule has 2 aromatic rings. The molecule has 0 spiro atoms. The van der Waals surface area contributed by atoms with E-state index >= 15 is 0 Å². The van der Waals surface area contributed by atoms with Crippen LogP contribution in [0.15, 0.2) is 52.5 Å². The maximum atomic E-state index is 12.2. The summed E-state index contributed by atoms with van der Waals surface area (Å²) in [5, 5.41) is 21.6. The largest absolute Gasteiger partial charge is 0.507 e. The van der Waals surface area contributed by atoms with E-state index in [2.05, 4.69) is 21.2 Å². The molecule has 0 unspecified atom stereocenters. The maximum Gasteiger partial charge on any atom is 0.266 e. The lowest BCUT2D eigenvalue weighted by molar-refractivity contribution is -0.112. The Balaban J connectivity index is 2.22. The molecule has 0 aliphatic carbocycles. The number of phenols is 1. The SMILES string of the molecule is COc1ccc(NC(=O)/C(C#N)=C/c2cc(Br)ccc2O)cc1. The van der Waals surface area contributed by atoms with Crippen molar-refractivity contribution in [1.82, 2.24) is 0 Å². The molecule has 0 fully saturated rings. The fourth-order valence-corrected chi connectivity index (χ4v) is 2.20. The minimum Gasteiger partial charge on any atom is -0.507 e. The van der Waals surface area contributed by atoms with Crippen molar-refractivity contribution in [3.8, 4) is 17.6 Å². The molecule has 0 atom stereocenters. The zero-order valence-corrected chi connectivity index (χ0v) is 13.8. The molecule has 5 nitrogen and oxygen atoms in total. The molecule has 0 bridgehead atoms. The highest BCUT2D eigenvalue weighted by Crippen LogP contribution is 2.24. The average molecular weight is 373 g/mol. The number of halogens is 1. The molecule has 0 aliphatic heterocycles. The molecular formula is C17H13BrN2O3. The first-order valence-electron chi connectivity index (χ1n) is 6.59. The molecule has 2 N–H and O–H groups in total. The quantitative estimate of drug-likeness (QED) is 0.632. The number of methoxy groups -OCH3 is 1. The minimum atomic E-state index is -0.558. The van der Waals surface area contributed by atoms with E-state index in [1.165, 1.54) is 12.1 Å². The van der Waals surface area contributed by atoms with Crippen LogP contribution in [0.2, 0.25) is 0 Å². The summed E-state index contributed by atoms with van der Waals surface area (Å²) in [4.78, 5) is 12.2. The minimum absolute atomic E-state index is 0.0156. The highest BCUT2D eigenvalue weighted by Gasteiger charge is 2.11. The van der Waals surface area contributed by atoms with E-state index < -0.39 is 5.91 Å². The summed E-state index contributed by atoms with van der Waals surface area (Å²) in [5.74, 6) is 0.0911. The van der Waals surface area contributed by atoms with Gasteiger partial charge in [-0.1, -0.05) is 15.9 Å². The standard InChI is InChI=1S/C17H13BrN2O3/c1-23-15-5-3-14(4-6-15)20-17(22)12(10-19)8-11-9-13(18)2-7-16(11)21/h2-9,21H,1H3,(H,20,22)/b12-8+. The van der Waals surface area contributed by atoms with Crippen LogP contribution < -0.4 is 10.1 Å². The lowest BCUT2D eigenvalue weighted by atomic mass is 10.1. The van der Waals surface area contributed by atoms with Gasteiger partial charge in [0.1, 0.15) is 23.1 Å². The number of ether oxygens (including phenoxy) is 1. The molecule has 6 heteroatoms. The van der Waals surface area contributed by atoms with Crippen molar-refractivity contribution in [3.05, 3.63) is 58.1 Å². The Morgan fingerprint density at radius 1 is 1.30 bits per heavy atom. The molecule has 1 amide bonds. The first kappa shape index (κ1) is 16.6. The molecule has 2 aromatic carbocycles. The Morgan fingerprint density at radius 2 is 2.00 bits per heavy atom. The number of aromatic hydroxyl groups is 1. The monoisotopic (exact) mass is 372 g/mol. The van der Waals surface area contributed by atoms with Gasteiger partial charge in [-0.2, -0.15) is 5.26 Å². The summed E-state index contributed by atoms with van der Waals surface area (Å²) < 4.78 is 5.77. The fraction of sp³-hybridized carbons (Fsp3) is 0.0588. The number of carbonyl (C=O) groups is 1. The van der Waals surface area contributed by atoms with E-state index in [1.807, 2.05) is 6.07 Å². The zero-order valence-electron chi connectivity index (χ0n) is 12.2. The van der Waals surface area contributed by atoms with Crippen LogP contribution >= 0.6 is 15.9 Å². The Morgan fingerprint density at radius 3 is 2.61 bits per heavy atom. The summed E-state index contributed by atoms with van der Waals surface area (Å²) in [6.45, 7) is 0. The average Bonchev–Trinajstić information content (AvgIpc) is 2.56. The van der Waals surface area contributed by atoms with E-state index in [-0.39, 0.29) is 11.3 Å². The highest BCUT2D eigenvalue weighted by atomic mass is 79.9. The van der Waals surface area contributed by atoms with Gasteiger partial charge in [-0.25, -0.2) is 0 Å². The molecule has 0 radical (unpaired) electrons. The number of anilines is 1. The summed E-state index contributed by atoms with van der Waals surface area (Å²) >= 11 is 3.28. The fourth-order valence-electron chi connectivity index (χ4n) is 1.82. The smallest absolute Gasteiger partial charge is 0.266 e. The van der Waals surface area contributed by atoms with Crippen molar-refractivity contribution in [2.45, 2.75) is 0 Å². The Bertz CT molecular complexity index is 792. The third-order valence-corrected chi connectivity index (χ3v) is 3.50. The van der Waals surface area contributed by atoms with E-state index in [9.17, 15) is 15.2 Å². The second kappa shape index (κ2) is 7.47. The van der Waals surface area contributed by atoms with Crippen LogP contribution in [-0.4, -0.2) is 18.1 Å². The van der Waals surface area contributed by atoms with Crippen molar-refractivity contribution in [1.29, 1.82) is 5.26 Å². The van der Waals surface area contributed by atoms with Crippen molar-refractivity contribution in [2.24, 2.45) is 0 Å². The first-order valence-corrected chi connectivity index (χ1v) is 7.38. The summed E-state index contributed by atoms with van der Waals surface area (Å²) in [6.07, 6.45) is 1.33. The number of benzene rings is 2. The van der Waals surface area contributed by atoms with Gasteiger partial charge in [-0.3, -0.25) is 4.79 Å². The predicted octanol–water partition coefficient (Wildman–Crippen LogP) is 3.71. The van der Waals surface area contributed by atoms with Crippen LogP contribution in [0.1, 0.15) is 5.56 Å². The third kappa shape index (κ3) is 4.34. The molecule has 0 heterocycles. The van der Waals surface area contributed by atoms with Gasteiger partial charge in [0.2, 0.25) is 0 Å². The molecule has 116 valence electrons. The number of rotatable bonds is 4. The summed E-state index contributed by atoms with van der Waals surface area (Å²) in [6, 6.07) is 13.3. The van der Waals surface area contributed by atoms with E-state index in [1.54, 1.807) is 43.5 Å². The van der Waals surface area contributed by atoms with Gasteiger partial charge in [0, 0.05) is 15.7 Å². The van der Waals surface area contributed by atoms with Crippen LogP contribution in [0.25, 0.3) is 6.08 Å². The molecule has 0 aliphatic rings. The summed E-state index contributed by atoms with van der Waals surface area (Å²) in [5.41, 5.74) is 0.797. The number of phenolic OH excluding ortho intramolecular Hbond substituents is 1. The van der Waals surface area contributed by atoms with Gasteiger partial charge in [-0.15, -0.1) is 0 Å². The van der Waals surface area contributed by atoms with Crippen molar-refractivity contribution < 1.29 is 14.6 Å². The number of amides is 1. The molecular weight excluding hydrogens is 360 g/mol. The van der Waals surface area contributed by atoms with E-state index in [0.29, 0.717) is 17.0 Å². The predicted molar refractivity (Wildman–Crippen MR) is 91.0 cm³/mol. The molecule has 0 saturated carbocycles. The lowest BCUT2D eigenvalue weighted by Crippen LogP contribution is -2.13. The lowest BCUT2D eigenvalue weighted by Gasteiger charge is -2.06. The number of hydrogen-bond donors (Lipinski definition) is 2. The number of hydrogen-bond acceptors (Lipinski definition) is 4. The molecule has 0 aromatic heterocycles. The van der Waals surface area contributed by atoms with Crippen LogP contribution in [-0.2, 0) is 4.79 Å². The van der Waals surface area contributed by atoms with E-state index in [0.717, 1.165) is 4.47 Å². The number of nitrogens with zero attached hydrogens (tertiary/aromatic N) is 1. The number of nitrogens with one attached hydrogen (secondary N) is 1. The Labute approximate surface area is 142 Å². The Kier molecular flexibility index (Phi) is 5.39. The first-order chi connectivity index (χ1) is 11.0. The van der Waals surface area contributed by atoms with Gasteiger partial charge >= 0.3 is 0 Å². The highest BCUT2D eigenvalue weighted by molar-refractivity contribution is 9.10. The number of nitriles is 1. The van der Waals surface area contributed by atoms with Crippen molar-refractivity contribution in [2.75, 3.05) is 12.4 Å². The topological polar surface area (TPSA) is 82.3 Å². The van der Waals surface area contributed by atoms with Gasteiger partial charge in [0.15, 0.2) is 0 Å². The van der Waals surface area contributed by atoms with E-state index in [4.69, 9.17) is 4.74 Å². The van der Waals surface area contributed by atoms with Crippen LogP contribution in [0, 0.1) is 11.3 Å². The van der Waals surface area contributed by atoms with Gasteiger partial charge < -0.3 is 15.2 Å². The number of carbonyl (C=O) groups excluding carboxylic acids is 1. The van der Waals surface area contributed by atoms with Gasteiger partial charge in [0.25, 0.3) is 5.91 Å². The molecule has 2 rings (SSSR count). The molecule has 0 saturated heterocycles. The van der Waals surface area contributed by atoms with Crippen molar-refractivity contribution in [3.63, 3.8) is 0 Å². The van der Waals surface area contributed by atoms with Crippen LogP contribution in [0.3, 0.4) is 0 Å². The van der Waals surface area contributed by atoms with Crippen LogP contribution in [0.5, 0.6) is 11.5 Å². The normalized spacial score (nSPS) is 10.7. The van der Waals surface area contributed by atoms with Gasteiger partial charge in [0.05, 0.1) is 7.11 Å². The van der Waals surface area contributed by atoms with Gasteiger partial charge in [-0.05, 0) is 48.5 Å². The third-order valence-electron chi connectivity index (χ3n) is 3.00. The van der Waals surface area contributed by atoms with Crippen molar-refractivity contribution >= 4 is 33.6 Å². The Hall–Kier alpha value is -2.78. The summed E-state index contributed by atoms with van der Waals surface area (Å²) in [7, 11) is 1.55. The zero-order chi connectivity index (χ0) is 16.8. The second-order valence-corrected chi connectivity index (χ2v) is 5.47. The molecule has 23 heavy (non-hydrogen) atoms. The second-order valence-electron chi connectivity index (χ2n) is 4.56.